The van der Waals surface area contributed by atoms with Crippen LogP contribution in [0.4, 0.5) is 5.82 Å². The fourth-order valence-corrected chi connectivity index (χ4v) is 4.21. The first-order valence-corrected chi connectivity index (χ1v) is 10.8. The number of hydrogen-bond donors (Lipinski definition) is 1. The van der Waals surface area contributed by atoms with Crippen molar-refractivity contribution in [2.75, 3.05) is 31.1 Å². The summed E-state index contributed by atoms with van der Waals surface area (Å²) in [6.07, 6.45) is 2.40. The zero-order valence-electron chi connectivity index (χ0n) is 18.2. The van der Waals surface area contributed by atoms with Crippen molar-refractivity contribution in [3.8, 4) is 0 Å². The van der Waals surface area contributed by atoms with Gasteiger partial charge in [0.15, 0.2) is 0 Å². The minimum absolute atomic E-state index is 0.0139. The van der Waals surface area contributed by atoms with Gasteiger partial charge in [-0.15, -0.1) is 0 Å². The van der Waals surface area contributed by atoms with E-state index in [0.29, 0.717) is 19.6 Å². The third kappa shape index (κ3) is 4.88. The number of nitrogens with one attached hydrogen (secondary N) is 1. The molecule has 2 amide bonds. The summed E-state index contributed by atoms with van der Waals surface area (Å²) < 4.78 is 5.78. The molecular formula is C24H30N4O3. The minimum Gasteiger partial charge on any atom is -0.376 e. The van der Waals surface area contributed by atoms with E-state index in [1.54, 1.807) is 6.20 Å². The molecule has 31 heavy (non-hydrogen) atoms. The highest BCUT2D eigenvalue weighted by molar-refractivity contribution is 5.91. The summed E-state index contributed by atoms with van der Waals surface area (Å²) in [7, 11) is 0. The molecule has 2 saturated heterocycles. The molecule has 0 bridgehead atoms. The highest BCUT2D eigenvalue weighted by Gasteiger charge is 2.44. The molecule has 0 spiro atoms. The van der Waals surface area contributed by atoms with Gasteiger partial charge in [0.1, 0.15) is 11.9 Å². The second kappa shape index (κ2) is 9.06. The van der Waals surface area contributed by atoms with Gasteiger partial charge in [-0.25, -0.2) is 4.98 Å². The van der Waals surface area contributed by atoms with E-state index < -0.39 is 11.5 Å². The number of fused-ring (bicyclic) bond motifs is 1. The molecule has 2 unspecified atom stereocenters. The standard InChI is InChI=1S/C24H30N4O3/c1-24(2,17-31-16-18-8-4-3-5-9-18)23(30)26-20-14-19-15-27(12-13-28(19)22(20)29)21-10-6-7-11-25-21/h3-11,19-20H,12-17H2,1-2H3,(H,26,30). The van der Waals surface area contributed by atoms with Gasteiger partial charge < -0.3 is 19.9 Å². The van der Waals surface area contributed by atoms with Crippen LogP contribution in [0.15, 0.2) is 54.7 Å². The topological polar surface area (TPSA) is 74.8 Å². The lowest BCUT2D eigenvalue weighted by Crippen LogP contribution is -2.52. The van der Waals surface area contributed by atoms with Crippen LogP contribution >= 0.6 is 0 Å². The van der Waals surface area contributed by atoms with Gasteiger partial charge in [-0.05, 0) is 38.0 Å². The third-order valence-electron chi connectivity index (χ3n) is 6.04. The van der Waals surface area contributed by atoms with Crippen LogP contribution in [0.3, 0.4) is 0 Å². The monoisotopic (exact) mass is 422 g/mol. The highest BCUT2D eigenvalue weighted by atomic mass is 16.5. The number of anilines is 1. The number of hydrogen-bond acceptors (Lipinski definition) is 5. The van der Waals surface area contributed by atoms with Gasteiger partial charge >= 0.3 is 0 Å². The fraction of sp³-hybridized carbons (Fsp3) is 0.458. The first kappa shape index (κ1) is 21.3. The van der Waals surface area contributed by atoms with Crippen LogP contribution in [0.1, 0.15) is 25.8 Å². The molecule has 0 aliphatic carbocycles. The van der Waals surface area contributed by atoms with E-state index in [-0.39, 0.29) is 24.5 Å². The van der Waals surface area contributed by atoms with E-state index in [1.165, 1.54) is 0 Å². The van der Waals surface area contributed by atoms with E-state index in [4.69, 9.17) is 4.74 Å². The molecule has 2 aliphatic heterocycles. The molecule has 3 heterocycles. The number of pyridine rings is 1. The summed E-state index contributed by atoms with van der Waals surface area (Å²) in [4.78, 5) is 34.3. The van der Waals surface area contributed by atoms with Crippen molar-refractivity contribution >= 4 is 17.6 Å². The molecule has 1 aromatic carbocycles. The SMILES string of the molecule is CC(C)(COCc1ccccc1)C(=O)NC1CC2CN(c3ccccn3)CCN2C1=O. The Hall–Kier alpha value is -2.93. The number of rotatable bonds is 7. The van der Waals surface area contributed by atoms with Crippen molar-refractivity contribution in [2.45, 2.75) is 39.0 Å². The molecule has 164 valence electrons. The van der Waals surface area contributed by atoms with Crippen LogP contribution in [0.25, 0.3) is 0 Å². The van der Waals surface area contributed by atoms with Crippen molar-refractivity contribution in [1.82, 2.24) is 15.2 Å². The van der Waals surface area contributed by atoms with Gasteiger partial charge in [0.25, 0.3) is 0 Å². The highest BCUT2D eigenvalue weighted by Crippen LogP contribution is 2.27. The average molecular weight is 423 g/mol. The van der Waals surface area contributed by atoms with Crippen LogP contribution in [-0.2, 0) is 20.9 Å². The summed E-state index contributed by atoms with van der Waals surface area (Å²) in [6, 6.07) is 15.4. The molecule has 1 N–H and O–H groups in total. The zero-order chi connectivity index (χ0) is 21.8. The normalized spacial score (nSPS) is 21.2. The van der Waals surface area contributed by atoms with Crippen molar-refractivity contribution in [3.05, 3.63) is 60.3 Å². The Bertz CT molecular complexity index is 904. The van der Waals surface area contributed by atoms with Crippen LogP contribution in [0.2, 0.25) is 0 Å². The Morgan fingerprint density at radius 2 is 1.94 bits per heavy atom. The third-order valence-corrected chi connectivity index (χ3v) is 6.04. The van der Waals surface area contributed by atoms with E-state index >= 15 is 0 Å². The van der Waals surface area contributed by atoms with Gasteiger partial charge in [0.05, 0.1) is 24.7 Å². The number of carbonyl (C=O) groups is 2. The summed E-state index contributed by atoms with van der Waals surface area (Å²) in [5.41, 5.74) is 0.344. The summed E-state index contributed by atoms with van der Waals surface area (Å²) in [6.45, 7) is 6.58. The lowest BCUT2D eigenvalue weighted by atomic mass is 9.93. The van der Waals surface area contributed by atoms with Crippen molar-refractivity contribution in [3.63, 3.8) is 0 Å². The Morgan fingerprint density at radius 1 is 1.16 bits per heavy atom. The predicted octanol–water partition coefficient (Wildman–Crippen LogP) is 2.23. The number of amides is 2. The Morgan fingerprint density at radius 3 is 2.68 bits per heavy atom. The molecule has 0 saturated carbocycles. The van der Waals surface area contributed by atoms with Crippen molar-refractivity contribution in [2.24, 2.45) is 5.41 Å². The average Bonchev–Trinajstić information content (AvgIpc) is 3.09. The lowest BCUT2D eigenvalue weighted by Gasteiger charge is -2.37. The molecule has 2 aromatic rings. The van der Waals surface area contributed by atoms with E-state index in [0.717, 1.165) is 24.5 Å². The van der Waals surface area contributed by atoms with Gasteiger partial charge in [0, 0.05) is 25.8 Å². The van der Waals surface area contributed by atoms with Gasteiger partial charge in [-0.3, -0.25) is 9.59 Å². The minimum atomic E-state index is -0.724. The zero-order valence-corrected chi connectivity index (χ0v) is 18.2. The Balaban J connectivity index is 1.30. The lowest BCUT2D eigenvalue weighted by molar-refractivity contribution is -0.138. The predicted molar refractivity (Wildman–Crippen MR) is 118 cm³/mol. The van der Waals surface area contributed by atoms with Crippen LogP contribution in [0, 0.1) is 5.41 Å². The van der Waals surface area contributed by atoms with Gasteiger partial charge in [-0.2, -0.15) is 0 Å². The van der Waals surface area contributed by atoms with E-state index in [9.17, 15) is 9.59 Å². The molecule has 4 rings (SSSR count). The first-order valence-electron chi connectivity index (χ1n) is 10.8. The first-order chi connectivity index (χ1) is 14.9. The van der Waals surface area contributed by atoms with Gasteiger partial charge in [-0.1, -0.05) is 36.4 Å². The quantitative estimate of drug-likeness (QED) is 0.741. The van der Waals surface area contributed by atoms with Crippen LogP contribution < -0.4 is 10.2 Å². The van der Waals surface area contributed by atoms with Crippen molar-refractivity contribution in [1.29, 1.82) is 0 Å². The summed E-state index contributed by atoms with van der Waals surface area (Å²) in [5.74, 6) is 0.791. The van der Waals surface area contributed by atoms with E-state index in [1.807, 2.05) is 67.3 Å². The molecular weight excluding hydrogens is 392 g/mol. The molecule has 2 fully saturated rings. The Kier molecular flexibility index (Phi) is 6.23. The molecule has 2 aliphatic rings. The number of carbonyl (C=O) groups excluding carboxylic acids is 2. The molecule has 1 aromatic heterocycles. The van der Waals surface area contributed by atoms with Gasteiger partial charge in [0.2, 0.25) is 11.8 Å². The summed E-state index contributed by atoms with van der Waals surface area (Å²) >= 11 is 0. The maximum absolute atomic E-state index is 12.9. The number of ether oxygens (including phenoxy) is 1. The number of benzene rings is 1. The molecule has 2 atom stereocenters. The number of nitrogens with zero attached hydrogens (tertiary/aromatic N) is 3. The van der Waals surface area contributed by atoms with E-state index in [2.05, 4.69) is 15.2 Å². The maximum Gasteiger partial charge on any atom is 0.245 e. The largest absolute Gasteiger partial charge is 0.376 e. The second-order valence-corrected chi connectivity index (χ2v) is 8.94. The van der Waals surface area contributed by atoms with Crippen molar-refractivity contribution < 1.29 is 14.3 Å². The summed E-state index contributed by atoms with van der Waals surface area (Å²) in [5, 5.41) is 2.98. The number of aromatic nitrogens is 1. The molecule has 7 nitrogen and oxygen atoms in total. The fourth-order valence-electron chi connectivity index (χ4n) is 4.21. The molecule has 0 radical (unpaired) electrons. The maximum atomic E-state index is 12.9. The van der Waals surface area contributed by atoms with Crippen LogP contribution in [-0.4, -0.2) is 60.0 Å². The smallest absolute Gasteiger partial charge is 0.245 e. The second-order valence-electron chi connectivity index (χ2n) is 8.94. The molecule has 7 heteroatoms. The number of piperazine rings is 1. The van der Waals surface area contributed by atoms with Crippen LogP contribution in [0.5, 0.6) is 0 Å². The Labute approximate surface area is 183 Å².